The van der Waals surface area contributed by atoms with Crippen molar-refractivity contribution in [2.45, 2.75) is 13.1 Å². The van der Waals surface area contributed by atoms with Crippen molar-refractivity contribution in [2.75, 3.05) is 0 Å². The molecule has 0 saturated carbocycles. The van der Waals surface area contributed by atoms with Gasteiger partial charge in [0.2, 0.25) is 0 Å². The molecule has 4 aromatic rings. The van der Waals surface area contributed by atoms with Gasteiger partial charge in [-0.2, -0.15) is 5.10 Å². The topological polar surface area (TPSA) is 46.9 Å². The van der Waals surface area contributed by atoms with Crippen molar-refractivity contribution in [2.24, 2.45) is 0 Å². The van der Waals surface area contributed by atoms with Crippen LogP contribution in [0.4, 0.5) is 8.78 Å². The fraction of sp³-hybridized carbons (Fsp3) is 0.0833. The number of nitrogens with one attached hydrogen (secondary N) is 1. The molecule has 0 aliphatic heterocycles. The van der Waals surface area contributed by atoms with E-state index in [9.17, 15) is 13.6 Å². The number of hydrogen-bond donors (Lipinski definition) is 1. The summed E-state index contributed by atoms with van der Waals surface area (Å²) >= 11 is 0. The summed E-state index contributed by atoms with van der Waals surface area (Å²) < 4.78 is 29.0. The van der Waals surface area contributed by atoms with Crippen molar-refractivity contribution in [3.8, 4) is 11.1 Å². The summed E-state index contributed by atoms with van der Waals surface area (Å²) in [5.74, 6) is -2.07. The highest BCUT2D eigenvalue weighted by Crippen LogP contribution is 2.24. The Morgan fingerprint density at radius 1 is 0.967 bits per heavy atom. The SMILES string of the molecule is O=C(NCc1ccccc1-c1ccc(Cn2cccn2)cc1)c1cc(F)ccc1F. The van der Waals surface area contributed by atoms with Crippen LogP contribution in [0.1, 0.15) is 21.5 Å². The molecular formula is C24H19F2N3O. The number of aromatic nitrogens is 2. The predicted octanol–water partition coefficient (Wildman–Crippen LogP) is 4.81. The van der Waals surface area contributed by atoms with Crippen molar-refractivity contribution in [3.05, 3.63) is 114 Å². The first-order valence-corrected chi connectivity index (χ1v) is 9.48. The van der Waals surface area contributed by atoms with Crippen LogP contribution in [0.25, 0.3) is 11.1 Å². The van der Waals surface area contributed by atoms with Gasteiger partial charge in [-0.1, -0.05) is 48.5 Å². The van der Waals surface area contributed by atoms with Gasteiger partial charge in [0.05, 0.1) is 12.1 Å². The second kappa shape index (κ2) is 8.69. The quantitative estimate of drug-likeness (QED) is 0.502. The van der Waals surface area contributed by atoms with E-state index in [2.05, 4.69) is 10.4 Å². The third kappa shape index (κ3) is 4.43. The molecule has 1 heterocycles. The van der Waals surface area contributed by atoms with Gasteiger partial charge in [-0.3, -0.25) is 9.48 Å². The van der Waals surface area contributed by atoms with E-state index in [0.717, 1.165) is 40.5 Å². The Balaban J connectivity index is 1.50. The molecule has 0 fully saturated rings. The zero-order chi connectivity index (χ0) is 20.9. The van der Waals surface area contributed by atoms with E-state index < -0.39 is 17.5 Å². The van der Waals surface area contributed by atoms with Crippen LogP contribution in [0.2, 0.25) is 0 Å². The molecule has 0 spiro atoms. The lowest BCUT2D eigenvalue weighted by atomic mass is 9.98. The summed E-state index contributed by atoms with van der Waals surface area (Å²) in [5.41, 5.74) is 3.65. The third-order valence-electron chi connectivity index (χ3n) is 4.80. The van der Waals surface area contributed by atoms with Crippen molar-refractivity contribution in [3.63, 3.8) is 0 Å². The molecule has 0 aliphatic carbocycles. The molecule has 4 nitrogen and oxygen atoms in total. The number of rotatable bonds is 6. The summed E-state index contributed by atoms with van der Waals surface area (Å²) in [4.78, 5) is 12.3. The Bertz CT molecular complexity index is 1160. The molecule has 6 heteroatoms. The van der Waals surface area contributed by atoms with Crippen LogP contribution in [0.15, 0.2) is 85.2 Å². The van der Waals surface area contributed by atoms with Crippen molar-refractivity contribution in [1.29, 1.82) is 0 Å². The number of benzene rings is 3. The minimum absolute atomic E-state index is 0.194. The molecule has 4 rings (SSSR count). The highest BCUT2D eigenvalue weighted by atomic mass is 19.1. The fourth-order valence-corrected chi connectivity index (χ4v) is 3.27. The van der Waals surface area contributed by atoms with Crippen LogP contribution >= 0.6 is 0 Å². The molecule has 30 heavy (non-hydrogen) atoms. The van der Waals surface area contributed by atoms with Gasteiger partial charge >= 0.3 is 0 Å². The Labute approximate surface area is 172 Å². The Hall–Kier alpha value is -3.80. The number of carbonyl (C=O) groups excluding carboxylic acids is 1. The largest absolute Gasteiger partial charge is 0.348 e. The van der Waals surface area contributed by atoms with Crippen LogP contribution in [0.5, 0.6) is 0 Å². The predicted molar refractivity (Wildman–Crippen MR) is 111 cm³/mol. The maximum absolute atomic E-state index is 13.8. The first kappa shape index (κ1) is 19.5. The van der Waals surface area contributed by atoms with Crippen LogP contribution < -0.4 is 5.32 Å². The standard InChI is InChI=1S/C24H19F2N3O/c25-20-10-11-23(26)22(14-20)24(30)27-15-19-4-1-2-5-21(19)18-8-6-17(7-9-18)16-29-13-3-12-28-29/h1-14H,15-16H2,(H,27,30). The molecule has 1 N–H and O–H groups in total. The lowest BCUT2D eigenvalue weighted by molar-refractivity contribution is 0.0946. The molecule has 0 saturated heterocycles. The van der Waals surface area contributed by atoms with Gasteiger partial charge in [0.25, 0.3) is 5.91 Å². The highest BCUT2D eigenvalue weighted by molar-refractivity contribution is 5.94. The van der Waals surface area contributed by atoms with Crippen LogP contribution in [-0.2, 0) is 13.1 Å². The van der Waals surface area contributed by atoms with Crippen LogP contribution in [-0.4, -0.2) is 15.7 Å². The zero-order valence-electron chi connectivity index (χ0n) is 16.1. The first-order chi connectivity index (χ1) is 14.6. The summed E-state index contributed by atoms with van der Waals surface area (Å²) in [5, 5.41) is 6.89. The van der Waals surface area contributed by atoms with Gasteiger partial charge in [0.1, 0.15) is 11.6 Å². The average Bonchev–Trinajstić information content (AvgIpc) is 3.27. The average molecular weight is 403 g/mol. The first-order valence-electron chi connectivity index (χ1n) is 9.48. The lowest BCUT2D eigenvalue weighted by Gasteiger charge is -2.12. The van der Waals surface area contributed by atoms with Gasteiger partial charge in [-0.05, 0) is 46.5 Å². The second-order valence-corrected chi connectivity index (χ2v) is 6.86. The van der Waals surface area contributed by atoms with Crippen LogP contribution in [0, 0.1) is 11.6 Å². The van der Waals surface area contributed by atoms with E-state index in [1.54, 1.807) is 6.20 Å². The minimum atomic E-state index is -0.755. The molecule has 150 valence electrons. The summed E-state index contributed by atoms with van der Waals surface area (Å²) in [6, 6.07) is 20.5. The lowest BCUT2D eigenvalue weighted by Crippen LogP contribution is -2.24. The van der Waals surface area contributed by atoms with E-state index in [1.165, 1.54) is 0 Å². The van der Waals surface area contributed by atoms with Crippen molar-refractivity contribution < 1.29 is 13.6 Å². The van der Waals surface area contributed by atoms with Gasteiger partial charge in [-0.25, -0.2) is 8.78 Å². The molecule has 0 bridgehead atoms. The maximum atomic E-state index is 13.8. The Kier molecular flexibility index (Phi) is 5.66. The van der Waals surface area contributed by atoms with Crippen LogP contribution in [0.3, 0.4) is 0 Å². The smallest absolute Gasteiger partial charge is 0.254 e. The van der Waals surface area contributed by atoms with Gasteiger partial charge in [-0.15, -0.1) is 0 Å². The molecule has 0 atom stereocenters. The molecule has 0 unspecified atom stereocenters. The minimum Gasteiger partial charge on any atom is -0.348 e. The van der Waals surface area contributed by atoms with Crippen molar-refractivity contribution in [1.82, 2.24) is 15.1 Å². The number of hydrogen-bond acceptors (Lipinski definition) is 2. The molecule has 1 amide bonds. The number of carbonyl (C=O) groups is 1. The van der Waals surface area contributed by atoms with E-state index in [4.69, 9.17) is 0 Å². The normalized spacial score (nSPS) is 10.7. The van der Waals surface area contributed by atoms with E-state index in [-0.39, 0.29) is 12.1 Å². The molecule has 0 radical (unpaired) electrons. The summed E-state index contributed by atoms with van der Waals surface area (Å²) in [6.45, 7) is 0.879. The molecule has 3 aromatic carbocycles. The van der Waals surface area contributed by atoms with Gasteiger partial charge < -0.3 is 5.32 Å². The third-order valence-corrected chi connectivity index (χ3v) is 4.80. The fourth-order valence-electron chi connectivity index (χ4n) is 3.27. The van der Waals surface area contributed by atoms with E-state index in [1.807, 2.05) is 65.5 Å². The Morgan fingerprint density at radius 2 is 1.77 bits per heavy atom. The number of nitrogens with zero attached hydrogens (tertiary/aromatic N) is 2. The van der Waals surface area contributed by atoms with E-state index in [0.29, 0.717) is 6.54 Å². The summed E-state index contributed by atoms with van der Waals surface area (Å²) in [7, 11) is 0. The van der Waals surface area contributed by atoms with Crippen molar-refractivity contribution >= 4 is 5.91 Å². The van der Waals surface area contributed by atoms with Gasteiger partial charge in [0.15, 0.2) is 0 Å². The molecule has 0 aliphatic rings. The zero-order valence-corrected chi connectivity index (χ0v) is 16.1. The molecular weight excluding hydrogens is 384 g/mol. The van der Waals surface area contributed by atoms with Gasteiger partial charge in [0, 0.05) is 18.9 Å². The monoisotopic (exact) mass is 403 g/mol. The van der Waals surface area contributed by atoms with E-state index >= 15 is 0 Å². The highest BCUT2D eigenvalue weighted by Gasteiger charge is 2.13. The number of halogens is 2. The summed E-state index contributed by atoms with van der Waals surface area (Å²) in [6.07, 6.45) is 3.65. The number of amides is 1. The Morgan fingerprint density at radius 3 is 2.53 bits per heavy atom. The second-order valence-electron chi connectivity index (χ2n) is 6.86. The maximum Gasteiger partial charge on any atom is 0.254 e. The molecule has 1 aromatic heterocycles.